The fraction of sp³-hybridized carbons (Fsp3) is 0.625. The van der Waals surface area contributed by atoms with E-state index in [2.05, 4.69) is 74.7 Å². The van der Waals surface area contributed by atoms with Gasteiger partial charge in [0.1, 0.15) is 5.60 Å². The largest absolute Gasteiger partial charge is 0.459 e. The van der Waals surface area contributed by atoms with Crippen molar-refractivity contribution in [1.29, 1.82) is 0 Å². The Morgan fingerprint density at radius 1 is 0.964 bits per heavy atom. The Bertz CT molecular complexity index is 477. The molecule has 0 saturated heterocycles. The zero-order valence-corrected chi connectivity index (χ0v) is 19.3. The van der Waals surface area contributed by atoms with Gasteiger partial charge in [-0.2, -0.15) is 0 Å². The smallest absolute Gasteiger partial charge is 0.320 e. The van der Waals surface area contributed by atoms with Gasteiger partial charge in [0.15, 0.2) is 0 Å². The van der Waals surface area contributed by atoms with E-state index in [4.69, 9.17) is 4.74 Å². The van der Waals surface area contributed by atoms with E-state index < -0.39 is 5.60 Å². The summed E-state index contributed by atoms with van der Waals surface area (Å²) in [6, 6.07) is 10.3. The molecule has 0 aromatic heterocycles. The predicted octanol–water partition coefficient (Wildman–Crippen LogP) is 5.79. The number of hydrogen-bond acceptors (Lipinski definition) is 4. The highest BCUT2D eigenvalue weighted by Gasteiger charge is 2.15. The second-order valence-corrected chi connectivity index (χ2v) is 7.41. The van der Waals surface area contributed by atoms with Gasteiger partial charge in [0.25, 0.3) is 0 Å². The van der Waals surface area contributed by atoms with Crippen LogP contribution in [-0.4, -0.2) is 31.3 Å². The van der Waals surface area contributed by atoms with Crippen molar-refractivity contribution >= 4 is 12.0 Å². The van der Waals surface area contributed by atoms with E-state index in [1.54, 1.807) is 0 Å². The number of benzene rings is 1. The number of nitrogens with one attached hydrogen (secondary N) is 2. The maximum Gasteiger partial charge on any atom is 0.320 e. The third-order valence-corrected chi connectivity index (χ3v) is 3.21. The lowest BCUT2D eigenvalue weighted by atomic mass is 10.2. The van der Waals surface area contributed by atoms with Gasteiger partial charge in [0.05, 0.1) is 6.54 Å². The van der Waals surface area contributed by atoms with Crippen LogP contribution in [0.5, 0.6) is 0 Å². The molecule has 0 unspecified atom stereocenters. The molecule has 0 bridgehead atoms. The third-order valence-electron chi connectivity index (χ3n) is 3.21. The summed E-state index contributed by atoms with van der Waals surface area (Å²) in [6.45, 7) is 16.0. The van der Waals surface area contributed by atoms with Gasteiger partial charge in [0, 0.05) is 6.67 Å². The zero-order chi connectivity index (χ0) is 21.7. The van der Waals surface area contributed by atoms with Crippen LogP contribution >= 0.6 is 0 Å². The van der Waals surface area contributed by atoms with Crippen LogP contribution in [0.2, 0.25) is 0 Å². The first-order valence-electron chi connectivity index (χ1n) is 10.6. The highest BCUT2D eigenvalue weighted by molar-refractivity contribution is 5.72. The molecular weight excluding hydrogens is 348 g/mol. The fourth-order valence-electron chi connectivity index (χ4n) is 1.71. The average molecular weight is 393 g/mol. The Hall–Kier alpha value is -1.65. The SMILES string of the molecule is CC/C=C\c1ccccc1.CCCC.CCCNCNCC(=O)OC(C)(C)C. The Morgan fingerprint density at radius 3 is 2.04 bits per heavy atom. The minimum Gasteiger partial charge on any atom is -0.459 e. The molecule has 0 aliphatic carbocycles. The van der Waals surface area contributed by atoms with Crippen molar-refractivity contribution in [2.75, 3.05) is 19.8 Å². The average Bonchev–Trinajstić information content (AvgIpc) is 2.66. The van der Waals surface area contributed by atoms with E-state index >= 15 is 0 Å². The van der Waals surface area contributed by atoms with Crippen molar-refractivity contribution in [2.24, 2.45) is 0 Å². The summed E-state index contributed by atoms with van der Waals surface area (Å²) in [5, 5.41) is 6.09. The first-order valence-corrected chi connectivity index (χ1v) is 10.6. The summed E-state index contributed by atoms with van der Waals surface area (Å²) >= 11 is 0. The Kier molecular flexibility index (Phi) is 20.5. The molecular formula is C24H44N2O2. The summed E-state index contributed by atoms with van der Waals surface area (Å²) in [6.07, 6.45) is 9.14. The maximum absolute atomic E-state index is 11.2. The summed E-state index contributed by atoms with van der Waals surface area (Å²) in [4.78, 5) is 11.2. The van der Waals surface area contributed by atoms with Crippen LogP contribution < -0.4 is 10.6 Å². The van der Waals surface area contributed by atoms with Crippen molar-refractivity contribution in [3.05, 3.63) is 42.0 Å². The molecule has 28 heavy (non-hydrogen) atoms. The molecule has 1 aromatic carbocycles. The molecule has 0 aliphatic heterocycles. The number of rotatable bonds is 9. The molecule has 0 radical (unpaired) electrons. The number of unbranched alkanes of at least 4 members (excludes halogenated alkanes) is 1. The van der Waals surface area contributed by atoms with Gasteiger partial charge in [-0.05, 0) is 45.7 Å². The number of hydrogen-bond donors (Lipinski definition) is 2. The quantitative estimate of drug-likeness (QED) is 0.317. The summed E-state index contributed by atoms with van der Waals surface area (Å²) < 4.78 is 5.12. The lowest BCUT2D eigenvalue weighted by molar-refractivity contribution is -0.153. The fourth-order valence-corrected chi connectivity index (χ4v) is 1.71. The van der Waals surface area contributed by atoms with Gasteiger partial charge >= 0.3 is 5.97 Å². The van der Waals surface area contributed by atoms with Crippen LogP contribution in [0.1, 0.15) is 79.7 Å². The number of allylic oxidation sites excluding steroid dienone is 1. The van der Waals surface area contributed by atoms with Crippen molar-refractivity contribution in [2.45, 2.75) is 79.8 Å². The predicted molar refractivity (Wildman–Crippen MR) is 123 cm³/mol. The van der Waals surface area contributed by atoms with E-state index in [1.807, 2.05) is 26.8 Å². The lowest BCUT2D eigenvalue weighted by Crippen LogP contribution is -2.36. The molecule has 0 saturated carbocycles. The van der Waals surface area contributed by atoms with Gasteiger partial charge < -0.3 is 10.1 Å². The van der Waals surface area contributed by atoms with E-state index in [1.165, 1.54) is 18.4 Å². The van der Waals surface area contributed by atoms with Gasteiger partial charge in [0.2, 0.25) is 0 Å². The monoisotopic (exact) mass is 392 g/mol. The summed E-state index contributed by atoms with van der Waals surface area (Å²) in [7, 11) is 0. The zero-order valence-electron chi connectivity index (χ0n) is 19.3. The maximum atomic E-state index is 11.2. The lowest BCUT2D eigenvalue weighted by Gasteiger charge is -2.19. The van der Waals surface area contributed by atoms with Gasteiger partial charge in [-0.15, -0.1) is 0 Å². The van der Waals surface area contributed by atoms with Crippen molar-refractivity contribution in [1.82, 2.24) is 10.6 Å². The molecule has 0 heterocycles. The minimum atomic E-state index is -0.393. The number of esters is 1. The van der Waals surface area contributed by atoms with E-state index in [0.717, 1.165) is 19.4 Å². The van der Waals surface area contributed by atoms with E-state index in [-0.39, 0.29) is 12.5 Å². The number of carbonyl (C=O) groups excluding carboxylic acids is 1. The Balaban J connectivity index is 0. The second kappa shape index (κ2) is 20.1. The summed E-state index contributed by atoms with van der Waals surface area (Å²) in [5.41, 5.74) is 0.889. The molecule has 0 fully saturated rings. The molecule has 162 valence electrons. The van der Waals surface area contributed by atoms with Crippen LogP contribution in [0.3, 0.4) is 0 Å². The number of ether oxygens (including phenoxy) is 1. The highest BCUT2D eigenvalue weighted by Crippen LogP contribution is 2.06. The van der Waals surface area contributed by atoms with Crippen molar-refractivity contribution in [3.8, 4) is 0 Å². The number of carbonyl (C=O) groups is 1. The molecule has 0 aliphatic rings. The molecule has 2 N–H and O–H groups in total. The van der Waals surface area contributed by atoms with Gasteiger partial charge in [-0.1, -0.05) is 83.0 Å². The van der Waals surface area contributed by atoms with E-state index in [0.29, 0.717) is 6.67 Å². The topological polar surface area (TPSA) is 50.4 Å². The van der Waals surface area contributed by atoms with E-state index in [9.17, 15) is 4.79 Å². The first kappa shape index (κ1) is 28.6. The standard InChI is InChI=1S/C10H22N2O2.C10H12.C4H10/c1-5-6-11-8-12-7-9(13)14-10(2,3)4;1-2-3-7-10-8-5-4-6-9-10;1-3-4-2/h11-12H,5-8H2,1-4H3;3-9H,2H2,1H3;3-4H2,1-2H3/b;7-3-;. The molecule has 1 aromatic rings. The molecule has 0 atom stereocenters. The van der Waals surface area contributed by atoms with Crippen LogP contribution in [0, 0.1) is 0 Å². The Morgan fingerprint density at radius 2 is 1.57 bits per heavy atom. The molecule has 1 rings (SSSR count). The first-order chi connectivity index (χ1) is 13.3. The minimum absolute atomic E-state index is 0.212. The molecule has 4 nitrogen and oxygen atoms in total. The van der Waals surface area contributed by atoms with Gasteiger partial charge in [-0.3, -0.25) is 10.1 Å². The van der Waals surface area contributed by atoms with Crippen molar-refractivity contribution in [3.63, 3.8) is 0 Å². The molecule has 0 amide bonds. The van der Waals surface area contributed by atoms with Gasteiger partial charge in [-0.25, -0.2) is 0 Å². The normalized spacial score (nSPS) is 10.5. The van der Waals surface area contributed by atoms with Crippen LogP contribution in [-0.2, 0) is 9.53 Å². The molecule has 0 spiro atoms. The Labute approximate surface area is 174 Å². The second-order valence-electron chi connectivity index (χ2n) is 7.41. The molecule has 4 heteroatoms. The summed E-state index contributed by atoms with van der Waals surface area (Å²) in [5.74, 6) is -0.212. The highest BCUT2D eigenvalue weighted by atomic mass is 16.6. The third kappa shape index (κ3) is 24.4. The van der Waals surface area contributed by atoms with Crippen LogP contribution in [0.4, 0.5) is 0 Å². The van der Waals surface area contributed by atoms with Crippen LogP contribution in [0.25, 0.3) is 6.08 Å². The van der Waals surface area contributed by atoms with Crippen molar-refractivity contribution < 1.29 is 9.53 Å². The van der Waals surface area contributed by atoms with Crippen LogP contribution in [0.15, 0.2) is 36.4 Å².